The van der Waals surface area contributed by atoms with Gasteiger partial charge in [0.25, 0.3) is 0 Å². The van der Waals surface area contributed by atoms with Gasteiger partial charge in [-0.1, -0.05) is 0 Å². The van der Waals surface area contributed by atoms with E-state index in [4.69, 9.17) is 0 Å². The van der Waals surface area contributed by atoms with Gasteiger partial charge in [-0.15, -0.1) is 0 Å². The van der Waals surface area contributed by atoms with Gasteiger partial charge in [0.15, 0.2) is 0 Å². The van der Waals surface area contributed by atoms with E-state index in [2.05, 4.69) is 14.8 Å². The van der Waals surface area contributed by atoms with Gasteiger partial charge in [-0.3, -0.25) is 0 Å². The Kier molecular flexibility index (Phi) is 61.7. The van der Waals surface area contributed by atoms with Crippen molar-refractivity contribution in [3.63, 3.8) is 0 Å². The van der Waals surface area contributed by atoms with Crippen LogP contribution in [0, 0.1) is 0 Å². The molecule has 0 N–H and O–H groups in total. The Hall–Kier alpha value is 4.14. The van der Waals surface area contributed by atoms with Crippen LogP contribution < -0.4 is 0 Å². The van der Waals surface area contributed by atoms with Crippen LogP contribution in [-0.2, 0) is 36.4 Å². The van der Waals surface area contributed by atoms with Crippen LogP contribution in [0.2, 0.25) is 0 Å². The molecule has 0 aromatic rings. The van der Waals surface area contributed by atoms with Gasteiger partial charge >= 0.3 is 118 Å². The van der Waals surface area contributed by atoms with Gasteiger partial charge < -0.3 is 0 Å². The summed E-state index contributed by atoms with van der Waals surface area (Å²) < 4.78 is 0. The molecule has 2 radical (unpaired) electrons. The second-order valence-corrected chi connectivity index (χ2v) is 0. The molecular formula is H3IrRbSnZr. The van der Waals surface area contributed by atoms with E-state index in [0.717, 1.165) is 0 Å². The molecular weight excluding hydrogens is 488 g/mol. The van der Waals surface area contributed by atoms with Gasteiger partial charge in [0.2, 0.25) is 0 Å². The van der Waals surface area contributed by atoms with Gasteiger partial charge in [0.05, 0.1) is 0 Å². The van der Waals surface area contributed by atoms with Crippen molar-refractivity contribution in [1.29, 1.82) is 0 Å². The van der Waals surface area contributed by atoms with Crippen molar-refractivity contribution in [2.75, 3.05) is 0 Å². The molecule has 0 rings (SSSR count). The summed E-state index contributed by atoms with van der Waals surface area (Å²) in [7, 11) is 0. The summed E-state index contributed by atoms with van der Waals surface area (Å²) in [5.74, 6) is 0. The van der Waals surface area contributed by atoms with Crippen LogP contribution in [0.1, 0.15) is 0 Å². The summed E-state index contributed by atoms with van der Waals surface area (Å²) in [6.45, 7) is 0. The van der Waals surface area contributed by atoms with E-state index < -0.39 is 0 Å². The molecule has 0 aromatic carbocycles. The number of hydrogen-bond acceptors (Lipinski definition) is 0. The quantitative estimate of drug-likeness (QED) is 0.360. The van der Waals surface area contributed by atoms with Crippen molar-refractivity contribution in [3.8, 4) is 0 Å². The van der Waals surface area contributed by atoms with Gasteiger partial charge in [-0.2, -0.15) is 0 Å². The first-order valence-corrected chi connectivity index (χ1v) is 8.07. The third-order valence-electron chi connectivity index (χ3n) is 0. The van der Waals surface area contributed by atoms with E-state index in [-0.39, 0.29) is 82.1 Å². The average molecular weight is 491 g/mol. The second-order valence-electron chi connectivity index (χ2n) is 0. The van der Waals surface area contributed by atoms with Crippen LogP contribution in [0.25, 0.3) is 0 Å². The third-order valence-corrected chi connectivity index (χ3v) is 0. The Morgan fingerprint density at radius 1 is 1.25 bits per heavy atom. The van der Waals surface area contributed by atoms with Crippen LogP contribution >= 0.6 is 0 Å². The number of hydrogen-bond donors (Lipinski definition) is 0. The summed E-state index contributed by atoms with van der Waals surface area (Å²) in [6, 6.07) is 0. The summed E-state index contributed by atoms with van der Waals surface area (Å²) >= 11 is 3.64. The molecule has 0 atom stereocenters. The Morgan fingerprint density at radius 2 is 1.25 bits per heavy atom. The van der Waals surface area contributed by atoms with Crippen molar-refractivity contribution in [1.82, 2.24) is 0 Å². The normalized spacial score (nSPS) is 1.25. The summed E-state index contributed by atoms with van der Waals surface area (Å²) in [6.07, 6.45) is 0. The molecule has 21 valence electrons. The first-order chi connectivity index (χ1) is 1.00. The molecule has 4 heavy (non-hydrogen) atoms. The molecule has 0 aromatic heterocycles. The average Bonchev–Trinajstić information content (AvgIpc) is 1.00. The van der Waals surface area contributed by atoms with Crippen molar-refractivity contribution in [2.45, 2.75) is 0 Å². The third kappa shape index (κ3) is 9.46. The van der Waals surface area contributed by atoms with Gasteiger partial charge in [0.1, 0.15) is 0 Å². The zero-order valence-corrected chi connectivity index (χ0v) is 10.4. The van der Waals surface area contributed by atoms with E-state index in [1.807, 2.05) is 0 Å². The van der Waals surface area contributed by atoms with E-state index in [1.54, 1.807) is 21.6 Å². The van der Waals surface area contributed by atoms with E-state index in [1.165, 1.54) is 0 Å². The van der Waals surface area contributed by atoms with Gasteiger partial charge in [0, 0.05) is 0 Å². The van der Waals surface area contributed by atoms with Crippen LogP contribution in [0.5, 0.6) is 0 Å². The summed E-state index contributed by atoms with van der Waals surface area (Å²) in [5.41, 5.74) is 0. The van der Waals surface area contributed by atoms with E-state index >= 15 is 0 Å². The maximum absolute atomic E-state index is 2.09. The molecule has 0 unspecified atom stereocenters. The fourth-order valence-corrected chi connectivity index (χ4v) is 0. The Bertz CT molecular complexity index is 8.00. The molecule has 0 saturated heterocycles. The maximum atomic E-state index is 2.09. The zero-order valence-electron chi connectivity index (χ0n) is 1.54. The molecule has 0 bridgehead atoms. The molecule has 0 aliphatic carbocycles. The van der Waals surface area contributed by atoms with Crippen LogP contribution in [0.4, 0.5) is 0 Å². The molecule has 0 nitrogen and oxygen atoms in total. The minimum absolute atomic E-state index is 0. The summed E-state index contributed by atoms with van der Waals surface area (Å²) in [5, 5.41) is 0. The summed E-state index contributed by atoms with van der Waals surface area (Å²) in [4.78, 5) is 0. The zero-order chi connectivity index (χ0) is 2.00. The predicted octanol–water partition coefficient (Wildman–Crippen LogP) is -1.57. The van der Waals surface area contributed by atoms with Crippen LogP contribution in [0.3, 0.4) is 0 Å². The SMILES string of the molecule is [RbH].[SnH2].[Zr][Ir]. The second kappa shape index (κ2) is 15.7. The Labute approximate surface area is 115 Å². The topological polar surface area (TPSA) is 0 Å². The predicted molar refractivity (Wildman–Crippen MR) is 15.7 cm³/mol. The standard InChI is InChI=1S/Ir.Rb.Sn.Zr.3H. The van der Waals surface area contributed by atoms with E-state index in [9.17, 15) is 0 Å². The van der Waals surface area contributed by atoms with Crippen LogP contribution in [0.15, 0.2) is 0 Å². The monoisotopic (exact) mass is 491 g/mol. The first-order valence-electron chi connectivity index (χ1n) is 0.167. The molecule has 0 aliphatic rings. The molecule has 0 aliphatic heterocycles. The van der Waals surface area contributed by atoms with Gasteiger partial charge in [-0.25, -0.2) is 0 Å². The van der Waals surface area contributed by atoms with Crippen molar-refractivity contribution >= 4 is 82.1 Å². The van der Waals surface area contributed by atoms with Crippen molar-refractivity contribution in [3.05, 3.63) is 0 Å². The molecule has 0 saturated carbocycles. The molecule has 0 fully saturated rings. The van der Waals surface area contributed by atoms with Crippen LogP contribution in [-0.4, -0.2) is 82.1 Å². The molecule has 0 spiro atoms. The first kappa shape index (κ1) is 15.7. The molecule has 0 heterocycles. The fraction of sp³-hybridized carbons (Fsp3) is 0. The fourth-order valence-electron chi connectivity index (χ4n) is 0. The van der Waals surface area contributed by atoms with Gasteiger partial charge in [-0.05, 0) is 0 Å². The van der Waals surface area contributed by atoms with Crippen molar-refractivity contribution < 1.29 is 36.4 Å². The van der Waals surface area contributed by atoms with E-state index in [0.29, 0.717) is 0 Å². The molecule has 0 amide bonds. The molecule has 4 heteroatoms. The number of rotatable bonds is 0. The Morgan fingerprint density at radius 3 is 1.25 bits per heavy atom. The Balaban J connectivity index is -0.00000000500. The minimum atomic E-state index is 0. The van der Waals surface area contributed by atoms with Crippen molar-refractivity contribution in [2.24, 2.45) is 0 Å².